The van der Waals surface area contributed by atoms with Gasteiger partial charge in [-0.05, 0) is 23.8 Å². The van der Waals surface area contributed by atoms with Crippen molar-refractivity contribution in [2.75, 3.05) is 0 Å². The fourth-order valence-corrected chi connectivity index (χ4v) is 2.72. The molecule has 0 aliphatic heterocycles. The minimum Gasteiger partial charge on any atom is -0.278 e. The van der Waals surface area contributed by atoms with Crippen molar-refractivity contribution in [3.8, 4) is 11.3 Å². The fraction of sp³-hybridized carbons (Fsp3) is 0.118. The van der Waals surface area contributed by atoms with Gasteiger partial charge in [-0.15, -0.1) is 5.10 Å². The molecule has 0 aliphatic rings. The second-order valence-corrected chi connectivity index (χ2v) is 5.63. The smallest absolute Gasteiger partial charge is 0.278 e. The molecule has 0 fully saturated rings. The number of hydrogen-bond donors (Lipinski definition) is 1. The minimum absolute atomic E-state index is 0.00334. The number of benzene rings is 2. The summed E-state index contributed by atoms with van der Waals surface area (Å²) in [5, 5.41) is 15.8. The first-order chi connectivity index (χ1) is 12.0. The van der Waals surface area contributed by atoms with Crippen LogP contribution in [0, 0.1) is 0 Å². The Morgan fingerprint density at radius 3 is 2.76 bits per heavy atom. The van der Waals surface area contributed by atoms with Gasteiger partial charge in [0.2, 0.25) is 0 Å². The van der Waals surface area contributed by atoms with E-state index in [0.717, 1.165) is 22.5 Å². The molecule has 1 N–H and O–H groups in total. The molecule has 2 aromatic heterocycles. The Morgan fingerprint density at radius 2 is 1.92 bits per heavy atom. The molecule has 2 heterocycles. The summed E-state index contributed by atoms with van der Waals surface area (Å²) in [7, 11) is 0. The molecule has 2 aromatic carbocycles. The second kappa shape index (κ2) is 5.73. The van der Waals surface area contributed by atoms with E-state index in [0.29, 0.717) is 5.69 Å². The van der Waals surface area contributed by atoms with E-state index in [9.17, 15) is 13.2 Å². The number of alkyl halides is 3. The van der Waals surface area contributed by atoms with Crippen molar-refractivity contribution in [2.24, 2.45) is 0 Å². The fourth-order valence-electron chi connectivity index (χ4n) is 2.72. The second-order valence-electron chi connectivity index (χ2n) is 5.63. The molecule has 0 aliphatic carbocycles. The van der Waals surface area contributed by atoms with Crippen molar-refractivity contribution in [3.63, 3.8) is 0 Å². The van der Waals surface area contributed by atoms with E-state index in [1.165, 1.54) is 16.8 Å². The minimum atomic E-state index is -4.40. The van der Waals surface area contributed by atoms with Crippen LogP contribution in [0.3, 0.4) is 0 Å². The zero-order chi connectivity index (χ0) is 17.4. The van der Waals surface area contributed by atoms with Crippen LogP contribution in [0.4, 0.5) is 13.2 Å². The van der Waals surface area contributed by atoms with Gasteiger partial charge in [0, 0.05) is 10.9 Å². The molecule has 5 nitrogen and oxygen atoms in total. The number of nitrogens with zero attached hydrogens (tertiary/aromatic N) is 4. The van der Waals surface area contributed by atoms with Gasteiger partial charge in [-0.25, -0.2) is 4.68 Å². The van der Waals surface area contributed by atoms with Crippen LogP contribution in [0.2, 0.25) is 0 Å². The lowest BCUT2D eigenvalue weighted by Gasteiger charge is -2.12. The van der Waals surface area contributed by atoms with Gasteiger partial charge in [0.1, 0.15) is 5.69 Å². The molecular weight excluding hydrogens is 331 g/mol. The van der Waals surface area contributed by atoms with Crippen LogP contribution in [0.25, 0.3) is 22.2 Å². The maximum atomic E-state index is 13.1. The van der Waals surface area contributed by atoms with E-state index in [2.05, 4.69) is 20.5 Å². The number of aromatic amines is 1. The van der Waals surface area contributed by atoms with Gasteiger partial charge in [0.05, 0.1) is 30.0 Å². The van der Waals surface area contributed by atoms with E-state index >= 15 is 0 Å². The highest BCUT2D eigenvalue weighted by Gasteiger charge is 2.32. The Bertz CT molecular complexity index is 1030. The third-order valence-electron chi connectivity index (χ3n) is 3.93. The molecular formula is C17H12F3N5. The molecule has 8 heteroatoms. The van der Waals surface area contributed by atoms with Crippen LogP contribution in [0.1, 0.15) is 11.1 Å². The van der Waals surface area contributed by atoms with Crippen LogP contribution in [0.5, 0.6) is 0 Å². The third-order valence-corrected chi connectivity index (χ3v) is 3.93. The molecule has 4 rings (SSSR count). The Labute approximate surface area is 140 Å². The van der Waals surface area contributed by atoms with Crippen molar-refractivity contribution in [3.05, 3.63) is 66.0 Å². The molecule has 0 saturated carbocycles. The summed E-state index contributed by atoms with van der Waals surface area (Å²) >= 11 is 0. The summed E-state index contributed by atoms with van der Waals surface area (Å²) in [6, 6.07) is 11.1. The summed E-state index contributed by atoms with van der Waals surface area (Å²) in [6.07, 6.45) is -1.07. The predicted molar refractivity (Wildman–Crippen MR) is 85.7 cm³/mol. The van der Waals surface area contributed by atoms with E-state index < -0.39 is 11.7 Å². The maximum Gasteiger partial charge on any atom is 0.416 e. The number of rotatable bonds is 3. The summed E-state index contributed by atoms with van der Waals surface area (Å²) in [5.41, 5.74) is 1.80. The van der Waals surface area contributed by atoms with Gasteiger partial charge >= 0.3 is 6.18 Å². The van der Waals surface area contributed by atoms with E-state index in [1.54, 1.807) is 18.5 Å². The van der Waals surface area contributed by atoms with Gasteiger partial charge in [-0.3, -0.25) is 5.10 Å². The number of fused-ring (bicyclic) bond motifs is 1. The van der Waals surface area contributed by atoms with Crippen molar-refractivity contribution >= 4 is 10.9 Å². The highest BCUT2D eigenvalue weighted by Crippen LogP contribution is 2.32. The van der Waals surface area contributed by atoms with Gasteiger partial charge in [0.15, 0.2) is 0 Å². The largest absolute Gasteiger partial charge is 0.416 e. The Balaban J connectivity index is 1.64. The normalized spacial score (nSPS) is 12.0. The van der Waals surface area contributed by atoms with Crippen LogP contribution < -0.4 is 0 Å². The summed E-state index contributed by atoms with van der Waals surface area (Å²) in [6.45, 7) is -0.00334. The molecule has 0 saturated heterocycles. The topological polar surface area (TPSA) is 59.4 Å². The molecule has 0 atom stereocenters. The lowest BCUT2D eigenvalue weighted by molar-refractivity contribution is -0.138. The van der Waals surface area contributed by atoms with Crippen LogP contribution in [-0.2, 0) is 12.7 Å². The van der Waals surface area contributed by atoms with Gasteiger partial charge < -0.3 is 0 Å². The number of aromatic nitrogens is 5. The monoisotopic (exact) mass is 343 g/mol. The van der Waals surface area contributed by atoms with Crippen LogP contribution in [-0.4, -0.2) is 25.2 Å². The van der Waals surface area contributed by atoms with Gasteiger partial charge in [-0.1, -0.05) is 29.5 Å². The molecule has 0 amide bonds. The summed E-state index contributed by atoms with van der Waals surface area (Å²) in [5.74, 6) is 0. The lowest BCUT2D eigenvalue weighted by atomic mass is 10.1. The van der Waals surface area contributed by atoms with E-state index in [1.807, 2.05) is 18.2 Å². The maximum absolute atomic E-state index is 13.1. The third kappa shape index (κ3) is 2.98. The molecule has 25 heavy (non-hydrogen) atoms. The Kier molecular flexibility index (Phi) is 3.52. The zero-order valence-corrected chi connectivity index (χ0v) is 12.8. The molecule has 126 valence electrons. The molecule has 0 spiro atoms. The SMILES string of the molecule is FC(F)(F)c1ccccc1Cn1cc(-c2ccc3[nH]ncc3c2)nn1. The summed E-state index contributed by atoms with van der Waals surface area (Å²) in [4.78, 5) is 0. The highest BCUT2D eigenvalue weighted by molar-refractivity contribution is 5.83. The number of halogens is 3. The first-order valence-electron chi connectivity index (χ1n) is 7.49. The molecule has 0 bridgehead atoms. The van der Waals surface area contributed by atoms with Gasteiger partial charge in [0.25, 0.3) is 0 Å². The number of hydrogen-bond acceptors (Lipinski definition) is 3. The first kappa shape index (κ1) is 15.4. The molecule has 4 aromatic rings. The van der Waals surface area contributed by atoms with Crippen molar-refractivity contribution < 1.29 is 13.2 Å². The highest BCUT2D eigenvalue weighted by atomic mass is 19.4. The number of H-pyrrole nitrogens is 1. The predicted octanol–water partition coefficient (Wildman–Crippen LogP) is 3.89. The number of nitrogens with one attached hydrogen (secondary N) is 1. The van der Waals surface area contributed by atoms with Crippen LogP contribution >= 0.6 is 0 Å². The average Bonchev–Trinajstić information content (AvgIpc) is 3.22. The van der Waals surface area contributed by atoms with E-state index in [4.69, 9.17) is 0 Å². The van der Waals surface area contributed by atoms with Crippen molar-refractivity contribution in [2.45, 2.75) is 12.7 Å². The first-order valence-corrected chi connectivity index (χ1v) is 7.49. The molecule has 0 radical (unpaired) electrons. The average molecular weight is 343 g/mol. The zero-order valence-electron chi connectivity index (χ0n) is 12.8. The quantitative estimate of drug-likeness (QED) is 0.614. The van der Waals surface area contributed by atoms with Gasteiger partial charge in [-0.2, -0.15) is 18.3 Å². The van der Waals surface area contributed by atoms with Crippen LogP contribution in [0.15, 0.2) is 54.9 Å². The Morgan fingerprint density at radius 1 is 1.08 bits per heavy atom. The van der Waals surface area contributed by atoms with E-state index in [-0.39, 0.29) is 12.1 Å². The lowest BCUT2D eigenvalue weighted by Crippen LogP contribution is -2.11. The standard InChI is InChI=1S/C17H12F3N5/c18-17(19,20)14-4-2-1-3-12(14)9-25-10-16(23-24-25)11-5-6-15-13(7-11)8-21-22-15/h1-8,10H,9H2,(H,21,22). The van der Waals surface area contributed by atoms with Crippen molar-refractivity contribution in [1.82, 2.24) is 25.2 Å². The Hall–Kier alpha value is -3.16. The summed E-state index contributed by atoms with van der Waals surface area (Å²) < 4.78 is 40.7. The molecule has 0 unspecified atom stereocenters. The van der Waals surface area contributed by atoms with Crippen molar-refractivity contribution in [1.29, 1.82) is 0 Å².